The van der Waals surface area contributed by atoms with Crippen molar-refractivity contribution >= 4 is 5.78 Å². The van der Waals surface area contributed by atoms with Crippen LogP contribution in [0.3, 0.4) is 0 Å². The molecule has 0 saturated heterocycles. The third kappa shape index (κ3) is 2.46. The quantitative estimate of drug-likeness (QED) is 0.839. The van der Waals surface area contributed by atoms with Crippen LogP contribution in [0.1, 0.15) is 39.0 Å². The number of rotatable bonds is 3. The molecule has 0 aromatic heterocycles. The average molecular weight is 266 g/mol. The molecule has 1 aliphatic carbocycles. The predicted octanol–water partition coefficient (Wildman–Crippen LogP) is 4.01. The maximum Gasteiger partial charge on any atom is 0.163 e. The lowest BCUT2D eigenvalue weighted by molar-refractivity contribution is 0.0994. The van der Waals surface area contributed by atoms with Gasteiger partial charge >= 0.3 is 0 Å². The highest BCUT2D eigenvalue weighted by molar-refractivity contribution is 6.00. The highest BCUT2D eigenvalue weighted by Crippen LogP contribution is 2.26. The fourth-order valence-corrected chi connectivity index (χ4v) is 2.58. The minimum absolute atomic E-state index is 0.251. The van der Waals surface area contributed by atoms with Crippen LogP contribution in [0.2, 0.25) is 0 Å². The standard InChI is InChI=1S/C18H18O2/c1-12-3-4-14(9-13(12)2)11-20-16-6-7-17-15(10-16)5-8-18(17)19/h3-4,6-7,9-10H,5,8,11H2,1-2H3. The van der Waals surface area contributed by atoms with Crippen LogP contribution in [0.15, 0.2) is 36.4 Å². The minimum atomic E-state index is 0.251. The van der Waals surface area contributed by atoms with Gasteiger partial charge < -0.3 is 4.74 Å². The third-order valence-electron chi connectivity index (χ3n) is 3.98. The summed E-state index contributed by atoms with van der Waals surface area (Å²) in [6.45, 7) is 4.78. The Bertz CT molecular complexity index is 671. The molecule has 0 bridgehead atoms. The summed E-state index contributed by atoms with van der Waals surface area (Å²) < 4.78 is 5.84. The molecule has 0 atom stereocenters. The van der Waals surface area contributed by atoms with Crippen molar-refractivity contribution in [3.8, 4) is 5.75 Å². The number of aryl methyl sites for hydroxylation is 3. The van der Waals surface area contributed by atoms with Crippen molar-refractivity contribution in [1.82, 2.24) is 0 Å². The molecule has 0 radical (unpaired) electrons. The maximum atomic E-state index is 11.6. The first kappa shape index (κ1) is 12.9. The number of ether oxygens (including phenoxy) is 1. The van der Waals surface area contributed by atoms with E-state index in [-0.39, 0.29) is 5.78 Å². The molecule has 0 saturated carbocycles. The smallest absolute Gasteiger partial charge is 0.163 e. The number of hydrogen-bond acceptors (Lipinski definition) is 2. The lowest BCUT2D eigenvalue weighted by Crippen LogP contribution is -1.98. The SMILES string of the molecule is Cc1ccc(COc2ccc3c(c2)CCC3=O)cc1C. The summed E-state index contributed by atoms with van der Waals surface area (Å²) in [5.74, 6) is 1.09. The van der Waals surface area contributed by atoms with Crippen molar-refractivity contribution in [2.75, 3.05) is 0 Å². The van der Waals surface area contributed by atoms with Gasteiger partial charge in [0.25, 0.3) is 0 Å². The second-order valence-electron chi connectivity index (χ2n) is 5.45. The van der Waals surface area contributed by atoms with E-state index in [1.807, 2.05) is 18.2 Å². The molecule has 2 aromatic carbocycles. The average Bonchev–Trinajstić information content (AvgIpc) is 2.81. The fourth-order valence-electron chi connectivity index (χ4n) is 2.58. The van der Waals surface area contributed by atoms with Crippen LogP contribution >= 0.6 is 0 Å². The van der Waals surface area contributed by atoms with E-state index in [0.29, 0.717) is 13.0 Å². The van der Waals surface area contributed by atoms with E-state index < -0.39 is 0 Å². The van der Waals surface area contributed by atoms with Gasteiger partial charge in [0, 0.05) is 12.0 Å². The van der Waals surface area contributed by atoms with E-state index in [9.17, 15) is 4.79 Å². The summed E-state index contributed by atoms with van der Waals surface area (Å²) >= 11 is 0. The zero-order valence-electron chi connectivity index (χ0n) is 11.9. The number of Topliss-reactive ketones (excluding diaryl/α,β-unsaturated/α-hetero) is 1. The summed E-state index contributed by atoms with van der Waals surface area (Å²) in [7, 11) is 0. The van der Waals surface area contributed by atoms with Gasteiger partial charge in [-0.2, -0.15) is 0 Å². The number of hydrogen-bond donors (Lipinski definition) is 0. The Labute approximate surface area is 119 Å². The van der Waals surface area contributed by atoms with Crippen molar-refractivity contribution in [1.29, 1.82) is 0 Å². The molecule has 1 aliphatic rings. The zero-order chi connectivity index (χ0) is 14.1. The maximum absolute atomic E-state index is 11.6. The van der Waals surface area contributed by atoms with E-state index in [1.54, 1.807) is 0 Å². The van der Waals surface area contributed by atoms with E-state index in [0.717, 1.165) is 23.3 Å². The monoisotopic (exact) mass is 266 g/mol. The van der Waals surface area contributed by atoms with Crippen molar-refractivity contribution in [2.45, 2.75) is 33.3 Å². The molecule has 0 amide bonds. The number of benzene rings is 2. The Balaban J connectivity index is 1.72. The lowest BCUT2D eigenvalue weighted by atomic mass is 10.1. The predicted molar refractivity (Wildman–Crippen MR) is 79.3 cm³/mol. The number of carbonyl (C=O) groups is 1. The van der Waals surface area contributed by atoms with Crippen LogP contribution in [0.4, 0.5) is 0 Å². The van der Waals surface area contributed by atoms with Gasteiger partial charge in [-0.1, -0.05) is 18.2 Å². The molecule has 0 unspecified atom stereocenters. The van der Waals surface area contributed by atoms with E-state index in [2.05, 4.69) is 32.0 Å². The van der Waals surface area contributed by atoms with Crippen LogP contribution in [0.25, 0.3) is 0 Å². The number of ketones is 1. The fraction of sp³-hybridized carbons (Fsp3) is 0.278. The first-order valence-corrected chi connectivity index (χ1v) is 6.98. The van der Waals surface area contributed by atoms with Crippen molar-refractivity contribution in [2.24, 2.45) is 0 Å². The summed E-state index contributed by atoms with van der Waals surface area (Å²) in [4.78, 5) is 11.6. The third-order valence-corrected chi connectivity index (χ3v) is 3.98. The largest absolute Gasteiger partial charge is 0.489 e. The molecule has 0 spiro atoms. The molecule has 20 heavy (non-hydrogen) atoms. The lowest BCUT2D eigenvalue weighted by Gasteiger charge is -2.09. The highest BCUT2D eigenvalue weighted by Gasteiger charge is 2.19. The van der Waals surface area contributed by atoms with Crippen molar-refractivity contribution in [3.63, 3.8) is 0 Å². The van der Waals surface area contributed by atoms with Gasteiger partial charge in [-0.05, 0) is 60.7 Å². The molecular weight excluding hydrogens is 248 g/mol. The van der Waals surface area contributed by atoms with Crippen molar-refractivity contribution < 1.29 is 9.53 Å². The van der Waals surface area contributed by atoms with Gasteiger partial charge in [0.05, 0.1) is 0 Å². The van der Waals surface area contributed by atoms with E-state index in [4.69, 9.17) is 4.74 Å². The Kier molecular flexibility index (Phi) is 3.31. The van der Waals surface area contributed by atoms with Gasteiger partial charge in [-0.3, -0.25) is 4.79 Å². The molecule has 3 rings (SSSR count). The Morgan fingerprint density at radius 1 is 1.00 bits per heavy atom. The topological polar surface area (TPSA) is 26.3 Å². The van der Waals surface area contributed by atoms with Gasteiger partial charge in [-0.25, -0.2) is 0 Å². The first-order valence-electron chi connectivity index (χ1n) is 6.98. The first-order chi connectivity index (χ1) is 9.63. The van der Waals surface area contributed by atoms with Gasteiger partial charge in [-0.15, -0.1) is 0 Å². The summed E-state index contributed by atoms with van der Waals surface area (Å²) in [6, 6.07) is 12.2. The van der Waals surface area contributed by atoms with Crippen LogP contribution in [-0.2, 0) is 13.0 Å². The van der Waals surface area contributed by atoms with E-state index in [1.165, 1.54) is 16.7 Å². The zero-order valence-corrected chi connectivity index (χ0v) is 11.9. The molecular formula is C18H18O2. The highest BCUT2D eigenvalue weighted by atomic mass is 16.5. The molecule has 2 nitrogen and oxygen atoms in total. The van der Waals surface area contributed by atoms with Gasteiger partial charge in [0.2, 0.25) is 0 Å². The Hall–Kier alpha value is -2.09. The summed E-state index contributed by atoms with van der Waals surface area (Å²) in [6.07, 6.45) is 1.48. The van der Waals surface area contributed by atoms with Gasteiger partial charge in [0.1, 0.15) is 12.4 Å². The minimum Gasteiger partial charge on any atom is -0.489 e. The molecule has 102 valence electrons. The van der Waals surface area contributed by atoms with E-state index >= 15 is 0 Å². The van der Waals surface area contributed by atoms with Gasteiger partial charge in [0.15, 0.2) is 5.78 Å². The number of carbonyl (C=O) groups excluding carboxylic acids is 1. The van der Waals surface area contributed by atoms with Crippen molar-refractivity contribution in [3.05, 3.63) is 64.2 Å². The second-order valence-corrected chi connectivity index (χ2v) is 5.45. The van der Waals surface area contributed by atoms with Crippen LogP contribution in [-0.4, -0.2) is 5.78 Å². The van der Waals surface area contributed by atoms with Crippen LogP contribution in [0, 0.1) is 13.8 Å². The van der Waals surface area contributed by atoms with Crippen LogP contribution < -0.4 is 4.74 Å². The number of fused-ring (bicyclic) bond motifs is 1. The Morgan fingerprint density at radius 3 is 2.65 bits per heavy atom. The van der Waals surface area contributed by atoms with Crippen LogP contribution in [0.5, 0.6) is 5.75 Å². The molecule has 0 fully saturated rings. The molecule has 2 aromatic rings. The summed E-state index contributed by atoms with van der Waals surface area (Å²) in [5, 5.41) is 0. The Morgan fingerprint density at radius 2 is 1.85 bits per heavy atom. The molecule has 0 N–H and O–H groups in total. The summed E-state index contributed by atoms with van der Waals surface area (Å²) in [5.41, 5.74) is 5.73. The second kappa shape index (κ2) is 5.12. The molecule has 0 heterocycles. The molecule has 2 heteroatoms. The normalized spacial score (nSPS) is 13.4. The molecule has 0 aliphatic heterocycles.